The second kappa shape index (κ2) is 8.45. The first-order valence-electron chi connectivity index (χ1n) is 8.55. The minimum absolute atomic E-state index is 0.0604. The summed E-state index contributed by atoms with van der Waals surface area (Å²) in [4.78, 5) is 14.6. The molecule has 0 unspecified atom stereocenters. The van der Waals surface area contributed by atoms with Crippen molar-refractivity contribution in [2.24, 2.45) is 0 Å². The lowest BCUT2D eigenvalue weighted by molar-refractivity contribution is -0.116. The highest BCUT2D eigenvalue weighted by Gasteiger charge is 2.11. The molecular formula is C20H23BrN2O. The number of likely N-dealkylation sites (tertiary alicyclic amines) is 1. The van der Waals surface area contributed by atoms with Crippen molar-refractivity contribution >= 4 is 27.5 Å². The van der Waals surface area contributed by atoms with Gasteiger partial charge in [0.15, 0.2) is 0 Å². The van der Waals surface area contributed by atoms with Crippen LogP contribution < -0.4 is 5.32 Å². The van der Waals surface area contributed by atoms with Crippen LogP contribution in [-0.4, -0.2) is 23.9 Å². The molecule has 3 rings (SSSR count). The average molecular weight is 387 g/mol. The van der Waals surface area contributed by atoms with Crippen LogP contribution in [0, 0.1) is 0 Å². The fraction of sp³-hybridized carbons (Fsp3) is 0.350. The second-order valence-corrected chi connectivity index (χ2v) is 7.27. The Morgan fingerprint density at radius 3 is 2.25 bits per heavy atom. The Labute approximate surface area is 152 Å². The molecule has 2 aromatic carbocycles. The maximum Gasteiger partial charge on any atom is 0.224 e. The van der Waals surface area contributed by atoms with Crippen LogP contribution in [0.2, 0.25) is 0 Å². The van der Waals surface area contributed by atoms with E-state index in [9.17, 15) is 4.79 Å². The summed E-state index contributed by atoms with van der Waals surface area (Å²) < 4.78 is 1.06. The van der Waals surface area contributed by atoms with E-state index in [1.807, 2.05) is 36.4 Å². The normalized spacial score (nSPS) is 14.7. The van der Waals surface area contributed by atoms with Crippen molar-refractivity contribution in [2.45, 2.75) is 32.2 Å². The maximum atomic E-state index is 12.1. The van der Waals surface area contributed by atoms with Gasteiger partial charge in [0.25, 0.3) is 0 Å². The third-order valence-corrected chi connectivity index (χ3v) is 4.93. The highest BCUT2D eigenvalue weighted by atomic mass is 79.9. The summed E-state index contributed by atoms with van der Waals surface area (Å²) >= 11 is 3.42. The largest absolute Gasteiger partial charge is 0.326 e. The predicted molar refractivity (Wildman–Crippen MR) is 102 cm³/mol. The van der Waals surface area contributed by atoms with Gasteiger partial charge < -0.3 is 5.32 Å². The number of benzene rings is 2. The van der Waals surface area contributed by atoms with E-state index in [0.717, 1.165) is 23.1 Å². The van der Waals surface area contributed by atoms with Crippen LogP contribution in [0.5, 0.6) is 0 Å². The van der Waals surface area contributed by atoms with Gasteiger partial charge in [-0.15, -0.1) is 0 Å². The maximum absolute atomic E-state index is 12.1. The first-order chi connectivity index (χ1) is 11.7. The number of anilines is 1. The summed E-state index contributed by atoms with van der Waals surface area (Å²) in [6, 6.07) is 16.3. The zero-order valence-electron chi connectivity index (χ0n) is 13.8. The highest BCUT2D eigenvalue weighted by molar-refractivity contribution is 9.10. The van der Waals surface area contributed by atoms with E-state index >= 15 is 0 Å². The number of hydrogen-bond acceptors (Lipinski definition) is 2. The zero-order valence-corrected chi connectivity index (χ0v) is 15.4. The Morgan fingerprint density at radius 2 is 1.58 bits per heavy atom. The topological polar surface area (TPSA) is 32.3 Å². The van der Waals surface area contributed by atoms with Crippen molar-refractivity contribution in [3.8, 4) is 0 Å². The van der Waals surface area contributed by atoms with E-state index in [2.05, 4.69) is 38.3 Å². The smallest absolute Gasteiger partial charge is 0.224 e. The molecule has 126 valence electrons. The van der Waals surface area contributed by atoms with Crippen molar-refractivity contribution in [1.29, 1.82) is 0 Å². The Balaban J connectivity index is 1.46. The van der Waals surface area contributed by atoms with Crippen LogP contribution in [0.15, 0.2) is 53.0 Å². The van der Waals surface area contributed by atoms with E-state index in [0.29, 0.717) is 6.42 Å². The molecule has 1 N–H and O–H groups in total. The van der Waals surface area contributed by atoms with Crippen molar-refractivity contribution in [2.75, 3.05) is 18.4 Å². The van der Waals surface area contributed by atoms with Crippen LogP contribution in [0.25, 0.3) is 0 Å². The Kier molecular flexibility index (Phi) is 6.05. The molecule has 0 atom stereocenters. The van der Waals surface area contributed by atoms with Gasteiger partial charge >= 0.3 is 0 Å². The zero-order chi connectivity index (χ0) is 16.8. The van der Waals surface area contributed by atoms with Gasteiger partial charge in [-0.3, -0.25) is 9.69 Å². The first kappa shape index (κ1) is 17.2. The number of carbonyl (C=O) groups is 1. The molecule has 0 spiro atoms. The quantitative estimate of drug-likeness (QED) is 0.785. The summed E-state index contributed by atoms with van der Waals surface area (Å²) in [5.74, 6) is 0.0604. The lowest BCUT2D eigenvalue weighted by Gasteiger charge is -2.14. The van der Waals surface area contributed by atoms with E-state index in [1.165, 1.54) is 37.1 Å². The molecule has 1 aliphatic rings. The fourth-order valence-electron chi connectivity index (χ4n) is 3.02. The molecule has 0 aromatic heterocycles. The molecule has 0 radical (unpaired) electrons. The van der Waals surface area contributed by atoms with Crippen molar-refractivity contribution in [1.82, 2.24) is 4.90 Å². The molecule has 1 amide bonds. The molecule has 24 heavy (non-hydrogen) atoms. The van der Waals surface area contributed by atoms with Gasteiger partial charge in [0.1, 0.15) is 0 Å². The number of nitrogens with one attached hydrogen (secondary N) is 1. The number of carbonyl (C=O) groups excluding carboxylic acids is 1. The van der Waals surface area contributed by atoms with Crippen molar-refractivity contribution in [3.05, 3.63) is 64.1 Å². The molecule has 1 aliphatic heterocycles. The van der Waals surface area contributed by atoms with Crippen LogP contribution in [0.4, 0.5) is 5.69 Å². The van der Waals surface area contributed by atoms with Gasteiger partial charge in [0.2, 0.25) is 5.91 Å². The van der Waals surface area contributed by atoms with Gasteiger partial charge in [-0.2, -0.15) is 0 Å². The number of hydrogen-bond donors (Lipinski definition) is 1. The van der Waals surface area contributed by atoms with Crippen LogP contribution in [0.1, 0.15) is 30.4 Å². The third-order valence-electron chi connectivity index (χ3n) is 4.40. The molecular weight excluding hydrogens is 364 g/mol. The van der Waals surface area contributed by atoms with Crippen molar-refractivity contribution < 1.29 is 4.79 Å². The third kappa shape index (κ3) is 5.18. The van der Waals surface area contributed by atoms with Gasteiger partial charge in [0, 0.05) is 23.1 Å². The molecule has 0 saturated carbocycles. The van der Waals surface area contributed by atoms with Gasteiger partial charge in [-0.25, -0.2) is 0 Å². The second-order valence-electron chi connectivity index (χ2n) is 6.35. The van der Waals surface area contributed by atoms with Crippen LogP contribution in [0.3, 0.4) is 0 Å². The average Bonchev–Trinajstić information content (AvgIpc) is 3.09. The lowest BCUT2D eigenvalue weighted by atomic mass is 10.1. The monoisotopic (exact) mass is 386 g/mol. The Morgan fingerprint density at radius 1 is 0.958 bits per heavy atom. The number of amides is 1. The Bertz CT molecular complexity index is 661. The highest BCUT2D eigenvalue weighted by Crippen LogP contribution is 2.16. The molecule has 4 heteroatoms. The summed E-state index contributed by atoms with van der Waals surface area (Å²) in [6.45, 7) is 3.42. The molecule has 2 aromatic rings. The summed E-state index contributed by atoms with van der Waals surface area (Å²) in [5, 5.41) is 2.98. The molecule has 3 nitrogen and oxygen atoms in total. The molecule has 0 aliphatic carbocycles. The van der Waals surface area contributed by atoms with E-state index in [4.69, 9.17) is 0 Å². The number of rotatable bonds is 6. The Hall–Kier alpha value is -1.65. The van der Waals surface area contributed by atoms with Gasteiger partial charge in [0.05, 0.1) is 0 Å². The fourth-order valence-corrected chi connectivity index (χ4v) is 3.29. The first-order valence-corrected chi connectivity index (χ1v) is 9.34. The van der Waals surface area contributed by atoms with Gasteiger partial charge in [-0.1, -0.05) is 40.2 Å². The SMILES string of the molecule is O=C(CCc1ccc(Br)cc1)Nc1ccc(CN2CCCC2)cc1. The lowest BCUT2D eigenvalue weighted by Crippen LogP contribution is -2.18. The summed E-state index contributed by atoms with van der Waals surface area (Å²) in [6.07, 6.45) is 3.88. The van der Waals surface area contributed by atoms with E-state index < -0.39 is 0 Å². The molecule has 1 saturated heterocycles. The molecule has 0 bridgehead atoms. The minimum atomic E-state index is 0.0604. The molecule has 1 heterocycles. The number of halogens is 1. The molecule has 1 fully saturated rings. The van der Waals surface area contributed by atoms with E-state index in [1.54, 1.807) is 0 Å². The number of aryl methyl sites for hydroxylation is 1. The standard InChI is InChI=1S/C20H23BrN2O/c21-18-8-3-16(4-9-18)7-12-20(24)22-19-10-5-17(6-11-19)15-23-13-1-2-14-23/h3-6,8-11H,1-2,7,12-15H2,(H,22,24). The number of nitrogens with zero attached hydrogens (tertiary/aromatic N) is 1. The van der Waals surface area contributed by atoms with Crippen molar-refractivity contribution in [3.63, 3.8) is 0 Å². The van der Waals surface area contributed by atoms with Gasteiger partial charge in [-0.05, 0) is 67.7 Å². The summed E-state index contributed by atoms with van der Waals surface area (Å²) in [7, 11) is 0. The minimum Gasteiger partial charge on any atom is -0.326 e. The predicted octanol–water partition coefficient (Wildman–Crippen LogP) is 4.62. The van der Waals surface area contributed by atoms with Crippen LogP contribution in [-0.2, 0) is 17.8 Å². The van der Waals surface area contributed by atoms with Crippen LogP contribution >= 0.6 is 15.9 Å². The van der Waals surface area contributed by atoms with E-state index in [-0.39, 0.29) is 5.91 Å². The summed E-state index contributed by atoms with van der Waals surface area (Å²) in [5.41, 5.74) is 3.36.